The van der Waals surface area contributed by atoms with Gasteiger partial charge in [-0.2, -0.15) is 0 Å². The van der Waals surface area contributed by atoms with Crippen LogP contribution in [0.2, 0.25) is 5.28 Å². The van der Waals surface area contributed by atoms with Crippen LogP contribution in [0.1, 0.15) is 17.3 Å². The third-order valence-corrected chi connectivity index (χ3v) is 2.80. The molecule has 0 radical (unpaired) electrons. The van der Waals surface area contributed by atoms with E-state index in [1.54, 1.807) is 19.2 Å². The highest BCUT2D eigenvalue weighted by molar-refractivity contribution is 6.29. The number of benzene rings is 1. The summed E-state index contributed by atoms with van der Waals surface area (Å²) < 4.78 is 1.89. The normalized spacial score (nSPS) is 10.7. The molecule has 1 aromatic carbocycles. The summed E-state index contributed by atoms with van der Waals surface area (Å²) in [4.78, 5) is 15.6. The van der Waals surface area contributed by atoms with Crippen LogP contribution in [0.25, 0.3) is 11.0 Å². The maximum atomic E-state index is 11.4. The average Bonchev–Trinajstić information content (AvgIpc) is 2.62. The van der Waals surface area contributed by atoms with Gasteiger partial charge >= 0.3 is 0 Å². The predicted octanol–water partition coefficient (Wildman–Crippen LogP) is 2.07. The number of nitrogens with zero attached hydrogens (tertiary/aromatic N) is 2. The molecule has 16 heavy (non-hydrogen) atoms. The van der Waals surface area contributed by atoms with Gasteiger partial charge in [-0.15, -0.1) is 0 Å². The second-order valence-electron chi connectivity index (χ2n) is 3.41. The Bertz CT molecular complexity index is 547. The molecule has 0 spiro atoms. The topological polar surface area (TPSA) is 46.9 Å². The van der Waals surface area contributed by atoms with Gasteiger partial charge in [-0.05, 0) is 36.7 Å². The largest absolute Gasteiger partial charge is 0.355 e. The van der Waals surface area contributed by atoms with Crippen molar-refractivity contribution in [2.45, 2.75) is 13.5 Å². The molecule has 0 saturated heterocycles. The number of aromatic nitrogens is 2. The number of amides is 1. The lowest BCUT2D eigenvalue weighted by Crippen LogP contribution is -2.17. The van der Waals surface area contributed by atoms with E-state index in [0.29, 0.717) is 10.8 Å². The van der Waals surface area contributed by atoms with Gasteiger partial charge in [-0.3, -0.25) is 4.79 Å². The highest BCUT2D eigenvalue weighted by Gasteiger charge is 2.10. The van der Waals surface area contributed by atoms with Crippen molar-refractivity contribution < 1.29 is 4.79 Å². The molecule has 0 saturated carbocycles. The number of hydrogen-bond donors (Lipinski definition) is 1. The van der Waals surface area contributed by atoms with Gasteiger partial charge in [-0.1, -0.05) is 0 Å². The molecule has 2 aromatic rings. The van der Waals surface area contributed by atoms with Crippen molar-refractivity contribution in [3.05, 3.63) is 29.0 Å². The molecule has 5 heteroatoms. The number of imidazole rings is 1. The number of fused-ring (bicyclic) bond motifs is 1. The second kappa shape index (κ2) is 4.14. The maximum absolute atomic E-state index is 11.4. The molecule has 0 bridgehead atoms. The van der Waals surface area contributed by atoms with E-state index < -0.39 is 0 Å². The number of aryl methyl sites for hydroxylation is 1. The van der Waals surface area contributed by atoms with E-state index in [9.17, 15) is 4.79 Å². The fraction of sp³-hybridized carbons (Fsp3) is 0.273. The Balaban J connectivity index is 2.60. The van der Waals surface area contributed by atoms with Crippen molar-refractivity contribution in [1.82, 2.24) is 14.9 Å². The van der Waals surface area contributed by atoms with Crippen molar-refractivity contribution in [1.29, 1.82) is 0 Å². The number of carbonyl (C=O) groups excluding carboxylic acids is 1. The zero-order chi connectivity index (χ0) is 11.7. The lowest BCUT2D eigenvalue weighted by atomic mass is 10.2. The van der Waals surface area contributed by atoms with Crippen LogP contribution >= 0.6 is 11.6 Å². The first kappa shape index (κ1) is 11.0. The highest BCUT2D eigenvalue weighted by atomic mass is 35.5. The van der Waals surface area contributed by atoms with Crippen LogP contribution in [0.3, 0.4) is 0 Å². The predicted molar refractivity (Wildman–Crippen MR) is 63.8 cm³/mol. The monoisotopic (exact) mass is 237 g/mol. The molecular weight excluding hydrogens is 226 g/mol. The molecule has 0 unspecified atom stereocenters. The maximum Gasteiger partial charge on any atom is 0.251 e. The summed E-state index contributed by atoms with van der Waals surface area (Å²) in [6.45, 7) is 2.76. The van der Waals surface area contributed by atoms with Gasteiger partial charge in [0, 0.05) is 19.2 Å². The lowest BCUT2D eigenvalue weighted by molar-refractivity contribution is 0.0963. The smallest absolute Gasteiger partial charge is 0.251 e. The van der Waals surface area contributed by atoms with Gasteiger partial charge in [0.1, 0.15) is 0 Å². The van der Waals surface area contributed by atoms with Crippen LogP contribution in [-0.2, 0) is 6.54 Å². The highest BCUT2D eigenvalue weighted by Crippen LogP contribution is 2.20. The molecule has 0 fully saturated rings. The van der Waals surface area contributed by atoms with E-state index >= 15 is 0 Å². The minimum Gasteiger partial charge on any atom is -0.355 e. The fourth-order valence-corrected chi connectivity index (χ4v) is 1.99. The molecule has 1 N–H and O–H groups in total. The fourth-order valence-electron chi connectivity index (χ4n) is 1.69. The van der Waals surface area contributed by atoms with Gasteiger partial charge < -0.3 is 9.88 Å². The SMILES string of the molecule is CCn1c(Cl)nc2cc(C(=O)NC)ccc21. The minimum absolute atomic E-state index is 0.121. The van der Waals surface area contributed by atoms with Crippen LogP contribution in [0.5, 0.6) is 0 Å². The number of carbonyl (C=O) groups is 1. The average molecular weight is 238 g/mol. The number of nitrogens with one attached hydrogen (secondary N) is 1. The van der Waals surface area contributed by atoms with E-state index in [4.69, 9.17) is 11.6 Å². The first-order chi connectivity index (χ1) is 7.67. The molecule has 2 rings (SSSR count). The minimum atomic E-state index is -0.121. The zero-order valence-electron chi connectivity index (χ0n) is 9.12. The standard InChI is InChI=1S/C11H12ClN3O/c1-3-15-9-5-4-7(10(16)13-2)6-8(9)14-11(15)12/h4-6H,3H2,1-2H3,(H,13,16). The molecule has 0 aliphatic rings. The van der Waals surface area contributed by atoms with E-state index in [1.807, 2.05) is 17.6 Å². The summed E-state index contributed by atoms with van der Waals surface area (Å²) in [5.74, 6) is -0.121. The van der Waals surface area contributed by atoms with Crippen molar-refractivity contribution in [2.75, 3.05) is 7.05 Å². The summed E-state index contributed by atoms with van der Waals surface area (Å²) in [6, 6.07) is 5.37. The molecule has 1 aromatic heterocycles. The van der Waals surface area contributed by atoms with Crippen LogP contribution in [-0.4, -0.2) is 22.5 Å². The van der Waals surface area contributed by atoms with Crippen LogP contribution in [0, 0.1) is 0 Å². The van der Waals surface area contributed by atoms with Crippen molar-refractivity contribution >= 4 is 28.5 Å². The number of rotatable bonds is 2. The summed E-state index contributed by atoms with van der Waals surface area (Å²) >= 11 is 5.98. The van der Waals surface area contributed by atoms with Gasteiger partial charge in [0.25, 0.3) is 5.91 Å². The number of hydrogen-bond acceptors (Lipinski definition) is 2. The Kier molecular flexibility index (Phi) is 2.83. The Morgan fingerprint density at radius 2 is 2.31 bits per heavy atom. The Morgan fingerprint density at radius 3 is 2.94 bits per heavy atom. The van der Waals surface area contributed by atoms with Gasteiger partial charge in [-0.25, -0.2) is 4.98 Å². The van der Waals surface area contributed by atoms with Gasteiger partial charge in [0.2, 0.25) is 5.28 Å². The summed E-state index contributed by atoms with van der Waals surface area (Å²) in [7, 11) is 1.60. The Labute approximate surface area is 98.2 Å². The van der Waals surface area contributed by atoms with Gasteiger partial charge in [0.15, 0.2) is 0 Å². The first-order valence-corrected chi connectivity index (χ1v) is 5.43. The molecule has 4 nitrogen and oxygen atoms in total. The van der Waals surface area contributed by atoms with E-state index in [0.717, 1.165) is 17.6 Å². The number of halogens is 1. The molecule has 0 aliphatic heterocycles. The zero-order valence-corrected chi connectivity index (χ0v) is 9.88. The molecule has 1 amide bonds. The van der Waals surface area contributed by atoms with Crippen LogP contribution in [0.15, 0.2) is 18.2 Å². The Hall–Kier alpha value is -1.55. The molecule has 0 atom stereocenters. The van der Waals surface area contributed by atoms with E-state index in [-0.39, 0.29) is 5.91 Å². The summed E-state index contributed by atoms with van der Waals surface area (Å²) in [5.41, 5.74) is 2.28. The van der Waals surface area contributed by atoms with Crippen LogP contribution < -0.4 is 5.32 Å². The summed E-state index contributed by atoms with van der Waals surface area (Å²) in [6.07, 6.45) is 0. The quantitative estimate of drug-likeness (QED) is 0.869. The van der Waals surface area contributed by atoms with Gasteiger partial charge in [0.05, 0.1) is 11.0 Å². The molecule has 0 aliphatic carbocycles. The Morgan fingerprint density at radius 1 is 1.56 bits per heavy atom. The van der Waals surface area contributed by atoms with E-state index in [2.05, 4.69) is 10.3 Å². The first-order valence-electron chi connectivity index (χ1n) is 5.05. The van der Waals surface area contributed by atoms with Crippen molar-refractivity contribution in [2.24, 2.45) is 0 Å². The van der Waals surface area contributed by atoms with Crippen molar-refractivity contribution in [3.8, 4) is 0 Å². The second-order valence-corrected chi connectivity index (χ2v) is 3.75. The van der Waals surface area contributed by atoms with Crippen LogP contribution in [0.4, 0.5) is 0 Å². The van der Waals surface area contributed by atoms with E-state index in [1.165, 1.54) is 0 Å². The molecule has 1 heterocycles. The summed E-state index contributed by atoms with van der Waals surface area (Å²) in [5, 5.41) is 3.03. The third kappa shape index (κ3) is 1.65. The lowest BCUT2D eigenvalue weighted by Gasteiger charge is -2.01. The molecule has 84 valence electrons. The molecular formula is C11H12ClN3O. The third-order valence-electron chi connectivity index (χ3n) is 2.51. The van der Waals surface area contributed by atoms with Crippen molar-refractivity contribution in [3.63, 3.8) is 0 Å².